The first kappa shape index (κ1) is 9.98. The summed E-state index contributed by atoms with van der Waals surface area (Å²) in [5, 5.41) is 2.63. The highest BCUT2D eigenvalue weighted by atomic mass is 16.5. The zero-order valence-electron chi connectivity index (χ0n) is 8.69. The second kappa shape index (κ2) is 3.55. The van der Waals surface area contributed by atoms with E-state index in [2.05, 4.69) is 18.5 Å². The normalized spacial score (nSPS) is 31.0. The molecule has 2 unspecified atom stereocenters. The molecule has 80 valence electrons. The molecule has 0 radical (unpaired) electrons. The van der Waals surface area contributed by atoms with E-state index < -0.39 is 0 Å². The van der Waals surface area contributed by atoms with Crippen LogP contribution in [0, 0.1) is 0 Å². The lowest BCUT2D eigenvalue weighted by molar-refractivity contribution is -0.117. The molecule has 0 saturated carbocycles. The predicted molar refractivity (Wildman–Crippen MR) is 56.4 cm³/mol. The fourth-order valence-corrected chi connectivity index (χ4v) is 1.80. The van der Waals surface area contributed by atoms with Crippen molar-refractivity contribution in [1.82, 2.24) is 10.2 Å². The summed E-state index contributed by atoms with van der Waals surface area (Å²) in [6, 6.07) is 0. The number of rotatable bonds is 1. The van der Waals surface area contributed by atoms with Gasteiger partial charge in [-0.2, -0.15) is 0 Å². The van der Waals surface area contributed by atoms with Gasteiger partial charge in [0, 0.05) is 12.3 Å². The van der Waals surface area contributed by atoms with E-state index in [1.807, 2.05) is 6.92 Å². The van der Waals surface area contributed by atoms with E-state index in [9.17, 15) is 4.79 Å². The van der Waals surface area contributed by atoms with Crippen LogP contribution in [-0.4, -0.2) is 23.1 Å². The molecule has 1 fully saturated rings. The van der Waals surface area contributed by atoms with Crippen molar-refractivity contribution in [3.63, 3.8) is 0 Å². The van der Waals surface area contributed by atoms with Crippen LogP contribution in [0.15, 0.2) is 36.8 Å². The predicted octanol–water partition coefficient (Wildman–Crippen LogP) is 1.09. The number of carbonyl (C=O) groups is 1. The summed E-state index contributed by atoms with van der Waals surface area (Å²) < 4.78 is 5.68. The van der Waals surface area contributed by atoms with Crippen LogP contribution in [0.1, 0.15) is 13.3 Å². The van der Waals surface area contributed by atoms with E-state index in [4.69, 9.17) is 4.74 Å². The highest BCUT2D eigenvalue weighted by molar-refractivity contribution is 5.89. The number of hydrogen-bond acceptors (Lipinski definition) is 3. The molecule has 1 amide bonds. The standard InChI is InChI=1S/C11H14N2O2/c1-7-6-8(2)15-11(7)13-5-4-10(14)12-9(13)3/h4-5,8,11H,1,3,6H2,2H3,(H,12,14). The van der Waals surface area contributed by atoms with Crippen LogP contribution in [0.2, 0.25) is 0 Å². The van der Waals surface area contributed by atoms with Crippen molar-refractivity contribution in [3.8, 4) is 0 Å². The third kappa shape index (κ3) is 1.80. The quantitative estimate of drug-likeness (QED) is 0.653. The fraction of sp³-hybridized carbons (Fsp3) is 0.364. The zero-order valence-corrected chi connectivity index (χ0v) is 8.69. The summed E-state index contributed by atoms with van der Waals surface area (Å²) in [6.45, 7) is 9.73. The van der Waals surface area contributed by atoms with Crippen LogP contribution >= 0.6 is 0 Å². The van der Waals surface area contributed by atoms with Gasteiger partial charge in [0.2, 0.25) is 0 Å². The SMILES string of the molecule is C=C1CC(C)OC1N1C=CC(=O)NC1=C. The summed E-state index contributed by atoms with van der Waals surface area (Å²) in [4.78, 5) is 12.8. The third-order valence-electron chi connectivity index (χ3n) is 2.48. The monoisotopic (exact) mass is 206 g/mol. The lowest BCUT2D eigenvalue weighted by Crippen LogP contribution is -2.41. The molecular formula is C11H14N2O2. The molecule has 1 N–H and O–H groups in total. The van der Waals surface area contributed by atoms with E-state index in [1.54, 1.807) is 11.1 Å². The molecule has 2 rings (SSSR count). The van der Waals surface area contributed by atoms with E-state index in [0.717, 1.165) is 12.0 Å². The van der Waals surface area contributed by atoms with Crippen LogP contribution in [-0.2, 0) is 9.53 Å². The summed E-state index contributed by atoms with van der Waals surface area (Å²) in [5.74, 6) is 0.371. The van der Waals surface area contributed by atoms with Gasteiger partial charge in [0.05, 0.1) is 6.10 Å². The molecule has 0 aromatic heterocycles. The molecule has 0 aliphatic carbocycles. The van der Waals surface area contributed by atoms with Gasteiger partial charge >= 0.3 is 0 Å². The second-order valence-corrected chi connectivity index (χ2v) is 3.82. The number of hydrogen-bond donors (Lipinski definition) is 1. The van der Waals surface area contributed by atoms with Gasteiger partial charge in [-0.3, -0.25) is 4.79 Å². The molecule has 15 heavy (non-hydrogen) atoms. The molecular weight excluding hydrogens is 192 g/mol. The van der Waals surface area contributed by atoms with Crippen molar-refractivity contribution in [2.24, 2.45) is 0 Å². The van der Waals surface area contributed by atoms with Crippen molar-refractivity contribution in [3.05, 3.63) is 36.8 Å². The topological polar surface area (TPSA) is 41.6 Å². The molecule has 2 heterocycles. The summed E-state index contributed by atoms with van der Waals surface area (Å²) in [7, 11) is 0. The Morgan fingerprint density at radius 1 is 1.60 bits per heavy atom. The van der Waals surface area contributed by atoms with Crippen LogP contribution in [0.5, 0.6) is 0 Å². The Morgan fingerprint density at radius 3 is 2.87 bits per heavy atom. The average Bonchev–Trinajstić information content (AvgIpc) is 2.45. The van der Waals surface area contributed by atoms with Crippen LogP contribution in [0.25, 0.3) is 0 Å². The highest BCUT2D eigenvalue weighted by Gasteiger charge is 2.32. The molecule has 2 aliphatic heterocycles. The Balaban J connectivity index is 2.17. The molecule has 0 spiro atoms. The van der Waals surface area contributed by atoms with Crippen molar-refractivity contribution in [1.29, 1.82) is 0 Å². The number of nitrogens with one attached hydrogen (secondary N) is 1. The molecule has 1 saturated heterocycles. The smallest absolute Gasteiger partial charge is 0.250 e. The minimum absolute atomic E-state index is 0.159. The summed E-state index contributed by atoms with van der Waals surface area (Å²) in [6.07, 6.45) is 3.94. The molecule has 0 bridgehead atoms. The molecule has 4 nitrogen and oxygen atoms in total. The Morgan fingerprint density at radius 2 is 2.33 bits per heavy atom. The summed E-state index contributed by atoms with van der Waals surface area (Å²) in [5.41, 5.74) is 1.00. The first-order chi connectivity index (χ1) is 7.08. The second-order valence-electron chi connectivity index (χ2n) is 3.82. The number of amides is 1. The van der Waals surface area contributed by atoms with Gasteiger partial charge in [0.25, 0.3) is 5.91 Å². The van der Waals surface area contributed by atoms with Gasteiger partial charge < -0.3 is 15.0 Å². The maximum absolute atomic E-state index is 11.0. The summed E-state index contributed by atoms with van der Waals surface area (Å²) >= 11 is 0. The minimum Gasteiger partial charge on any atom is -0.351 e. The van der Waals surface area contributed by atoms with Gasteiger partial charge in [-0.05, 0) is 18.9 Å². The lowest BCUT2D eigenvalue weighted by atomic mass is 10.1. The number of ether oxygens (including phenoxy) is 1. The molecule has 2 atom stereocenters. The third-order valence-corrected chi connectivity index (χ3v) is 2.48. The zero-order chi connectivity index (χ0) is 11.0. The first-order valence-electron chi connectivity index (χ1n) is 4.87. The fourth-order valence-electron chi connectivity index (χ4n) is 1.80. The number of nitrogens with zero attached hydrogens (tertiary/aromatic N) is 1. The Bertz CT molecular complexity index is 360. The van der Waals surface area contributed by atoms with E-state index in [-0.39, 0.29) is 18.2 Å². The van der Waals surface area contributed by atoms with Crippen LogP contribution in [0.4, 0.5) is 0 Å². The van der Waals surface area contributed by atoms with Gasteiger partial charge in [-0.1, -0.05) is 13.2 Å². The largest absolute Gasteiger partial charge is 0.351 e. The van der Waals surface area contributed by atoms with Gasteiger partial charge in [-0.25, -0.2) is 0 Å². The minimum atomic E-state index is -0.204. The van der Waals surface area contributed by atoms with E-state index in [1.165, 1.54) is 6.08 Å². The number of carbonyl (C=O) groups excluding carboxylic acids is 1. The highest BCUT2D eigenvalue weighted by Crippen LogP contribution is 2.29. The average molecular weight is 206 g/mol. The van der Waals surface area contributed by atoms with Crippen LogP contribution < -0.4 is 5.32 Å². The molecule has 2 aliphatic rings. The van der Waals surface area contributed by atoms with Crippen molar-refractivity contribution >= 4 is 5.91 Å². The van der Waals surface area contributed by atoms with E-state index >= 15 is 0 Å². The Hall–Kier alpha value is -1.55. The Kier molecular flexibility index (Phi) is 2.36. The first-order valence-corrected chi connectivity index (χ1v) is 4.87. The lowest BCUT2D eigenvalue weighted by Gasteiger charge is -2.31. The van der Waals surface area contributed by atoms with Crippen molar-refractivity contribution in [2.75, 3.05) is 0 Å². The molecule has 0 aromatic rings. The van der Waals surface area contributed by atoms with Crippen molar-refractivity contribution in [2.45, 2.75) is 25.7 Å². The maximum atomic E-state index is 11.0. The van der Waals surface area contributed by atoms with Gasteiger partial charge in [0.1, 0.15) is 5.82 Å². The molecule has 4 heteroatoms. The van der Waals surface area contributed by atoms with Crippen LogP contribution in [0.3, 0.4) is 0 Å². The van der Waals surface area contributed by atoms with E-state index in [0.29, 0.717) is 5.82 Å². The maximum Gasteiger partial charge on any atom is 0.250 e. The van der Waals surface area contributed by atoms with Crippen molar-refractivity contribution < 1.29 is 9.53 Å². The Labute approximate surface area is 88.9 Å². The molecule has 0 aromatic carbocycles. The van der Waals surface area contributed by atoms with Gasteiger partial charge in [-0.15, -0.1) is 0 Å². The van der Waals surface area contributed by atoms with Gasteiger partial charge in [0.15, 0.2) is 6.23 Å².